The van der Waals surface area contributed by atoms with Crippen molar-refractivity contribution in [2.45, 2.75) is 19.9 Å². The Morgan fingerprint density at radius 1 is 1.21 bits per heavy atom. The molecule has 0 aliphatic carbocycles. The van der Waals surface area contributed by atoms with Crippen LogP contribution in [0.2, 0.25) is 0 Å². The van der Waals surface area contributed by atoms with Gasteiger partial charge in [0, 0.05) is 6.54 Å². The van der Waals surface area contributed by atoms with Gasteiger partial charge in [0.1, 0.15) is 5.82 Å². The van der Waals surface area contributed by atoms with E-state index in [4.69, 9.17) is 9.47 Å². The molecule has 0 atom stereocenters. The van der Waals surface area contributed by atoms with Crippen LogP contribution in [0.15, 0.2) is 40.9 Å². The molecule has 1 N–H and O–H groups in total. The van der Waals surface area contributed by atoms with Crippen LogP contribution in [-0.4, -0.2) is 20.3 Å². The average Bonchev–Trinajstić information content (AvgIpc) is 2.55. The molecule has 2 aromatic carbocycles. The molecule has 0 fully saturated rings. The molecule has 0 aliphatic rings. The molecular weight excluding hydrogens is 397 g/mol. The van der Waals surface area contributed by atoms with E-state index >= 15 is 0 Å². The molecule has 0 heterocycles. The van der Waals surface area contributed by atoms with E-state index in [1.54, 1.807) is 13.2 Å². The minimum Gasteiger partial charge on any atom is -0.493 e. The van der Waals surface area contributed by atoms with Crippen LogP contribution < -0.4 is 14.8 Å². The standard InChI is InChI=1S/C18H21BrFNO2.ClH/c1-3-23-18-15(19)10-13(11-17(18)22-2)12-21-9-8-14-6-4-5-7-16(14)20;/h4-7,10-11,21H,3,8-9,12H2,1-2H3;1H. The number of benzene rings is 2. The van der Waals surface area contributed by atoms with Gasteiger partial charge in [-0.3, -0.25) is 0 Å². The highest BCUT2D eigenvalue weighted by Crippen LogP contribution is 2.36. The Morgan fingerprint density at radius 2 is 1.96 bits per heavy atom. The summed E-state index contributed by atoms with van der Waals surface area (Å²) >= 11 is 3.51. The van der Waals surface area contributed by atoms with E-state index in [-0.39, 0.29) is 18.2 Å². The van der Waals surface area contributed by atoms with Gasteiger partial charge in [-0.05, 0) is 65.1 Å². The Bertz CT molecular complexity index is 655. The normalized spacial score (nSPS) is 10.2. The summed E-state index contributed by atoms with van der Waals surface area (Å²) in [5, 5.41) is 3.32. The average molecular weight is 419 g/mol. The molecule has 0 saturated carbocycles. The van der Waals surface area contributed by atoms with Crippen LogP contribution in [0.5, 0.6) is 11.5 Å². The topological polar surface area (TPSA) is 30.5 Å². The van der Waals surface area contributed by atoms with E-state index in [0.717, 1.165) is 15.6 Å². The van der Waals surface area contributed by atoms with Crippen molar-refractivity contribution in [3.63, 3.8) is 0 Å². The van der Waals surface area contributed by atoms with Gasteiger partial charge in [0.25, 0.3) is 0 Å². The van der Waals surface area contributed by atoms with E-state index < -0.39 is 0 Å². The van der Waals surface area contributed by atoms with Gasteiger partial charge in [0.05, 0.1) is 18.2 Å². The number of hydrogen-bond acceptors (Lipinski definition) is 3. The van der Waals surface area contributed by atoms with Crippen molar-refractivity contribution in [3.05, 3.63) is 57.8 Å². The van der Waals surface area contributed by atoms with E-state index in [1.807, 2.05) is 31.2 Å². The van der Waals surface area contributed by atoms with Crippen molar-refractivity contribution in [3.8, 4) is 11.5 Å². The molecule has 6 heteroatoms. The van der Waals surface area contributed by atoms with E-state index in [1.165, 1.54) is 6.07 Å². The van der Waals surface area contributed by atoms with Crippen LogP contribution in [0.4, 0.5) is 4.39 Å². The lowest BCUT2D eigenvalue weighted by molar-refractivity contribution is 0.308. The molecule has 24 heavy (non-hydrogen) atoms. The second kappa shape index (κ2) is 10.5. The zero-order valence-corrected chi connectivity index (χ0v) is 16.2. The highest BCUT2D eigenvalue weighted by atomic mass is 79.9. The maximum Gasteiger partial charge on any atom is 0.175 e. The summed E-state index contributed by atoms with van der Waals surface area (Å²) in [5.74, 6) is 1.26. The van der Waals surface area contributed by atoms with Crippen LogP contribution >= 0.6 is 28.3 Å². The summed E-state index contributed by atoms with van der Waals surface area (Å²) in [6, 6.07) is 10.8. The monoisotopic (exact) mass is 417 g/mol. The first-order chi connectivity index (χ1) is 11.2. The molecule has 0 bridgehead atoms. The van der Waals surface area contributed by atoms with Crippen LogP contribution in [0.3, 0.4) is 0 Å². The van der Waals surface area contributed by atoms with Gasteiger partial charge in [0.2, 0.25) is 0 Å². The number of ether oxygens (including phenoxy) is 2. The summed E-state index contributed by atoms with van der Waals surface area (Å²) < 4.78 is 25.4. The third kappa shape index (κ3) is 5.65. The second-order valence-corrected chi connectivity index (χ2v) is 5.91. The van der Waals surface area contributed by atoms with E-state index in [9.17, 15) is 4.39 Å². The number of hydrogen-bond donors (Lipinski definition) is 1. The molecule has 0 amide bonds. The van der Waals surface area contributed by atoms with Gasteiger partial charge in [-0.25, -0.2) is 4.39 Å². The van der Waals surface area contributed by atoms with Crippen molar-refractivity contribution in [1.29, 1.82) is 0 Å². The molecule has 2 rings (SSSR count). The predicted molar refractivity (Wildman–Crippen MR) is 101 cm³/mol. The Hall–Kier alpha value is -1.30. The summed E-state index contributed by atoms with van der Waals surface area (Å²) in [4.78, 5) is 0. The smallest absolute Gasteiger partial charge is 0.175 e. The van der Waals surface area contributed by atoms with Crippen molar-refractivity contribution in [1.82, 2.24) is 5.32 Å². The molecule has 3 nitrogen and oxygen atoms in total. The molecular formula is C18H22BrClFNO2. The maximum absolute atomic E-state index is 13.5. The molecule has 0 saturated heterocycles. The largest absolute Gasteiger partial charge is 0.493 e. The van der Waals surface area contributed by atoms with Crippen LogP contribution in [-0.2, 0) is 13.0 Å². The van der Waals surface area contributed by atoms with Crippen LogP contribution in [0.1, 0.15) is 18.1 Å². The van der Waals surface area contributed by atoms with E-state index in [2.05, 4.69) is 21.2 Å². The SMILES string of the molecule is CCOc1c(Br)cc(CNCCc2ccccc2F)cc1OC.Cl. The predicted octanol–water partition coefficient (Wildman–Crippen LogP) is 4.75. The minimum atomic E-state index is -0.153. The van der Waals surface area contributed by atoms with Gasteiger partial charge >= 0.3 is 0 Å². The van der Waals surface area contributed by atoms with Gasteiger partial charge in [-0.2, -0.15) is 0 Å². The first kappa shape index (κ1) is 20.7. The Balaban J connectivity index is 0.00000288. The van der Waals surface area contributed by atoms with Crippen LogP contribution in [0.25, 0.3) is 0 Å². The number of rotatable bonds is 8. The fourth-order valence-electron chi connectivity index (χ4n) is 2.32. The molecule has 0 radical (unpaired) electrons. The third-order valence-corrected chi connectivity index (χ3v) is 4.03. The van der Waals surface area contributed by atoms with Gasteiger partial charge in [0.15, 0.2) is 11.5 Å². The van der Waals surface area contributed by atoms with Gasteiger partial charge < -0.3 is 14.8 Å². The minimum absolute atomic E-state index is 0. The second-order valence-electron chi connectivity index (χ2n) is 5.06. The zero-order valence-electron chi connectivity index (χ0n) is 13.8. The number of nitrogens with one attached hydrogen (secondary N) is 1. The highest BCUT2D eigenvalue weighted by molar-refractivity contribution is 9.10. The fourth-order valence-corrected chi connectivity index (χ4v) is 2.92. The molecule has 0 aromatic heterocycles. The summed E-state index contributed by atoms with van der Waals surface area (Å²) in [7, 11) is 1.62. The van der Waals surface area contributed by atoms with Crippen molar-refractivity contribution >= 4 is 28.3 Å². The first-order valence-corrected chi connectivity index (χ1v) is 8.38. The highest BCUT2D eigenvalue weighted by Gasteiger charge is 2.11. The summed E-state index contributed by atoms with van der Waals surface area (Å²) in [6.45, 7) is 3.89. The van der Waals surface area contributed by atoms with Crippen molar-refractivity contribution in [2.24, 2.45) is 0 Å². The fraction of sp³-hybridized carbons (Fsp3) is 0.333. The first-order valence-electron chi connectivity index (χ1n) is 7.59. The lowest BCUT2D eigenvalue weighted by atomic mass is 10.1. The van der Waals surface area contributed by atoms with Crippen molar-refractivity contribution in [2.75, 3.05) is 20.3 Å². The van der Waals surface area contributed by atoms with Crippen molar-refractivity contribution < 1.29 is 13.9 Å². The lowest BCUT2D eigenvalue weighted by Crippen LogP contribution is -2.17. The Labute approximate surface area is 157 Å². The summed E-state index contributed by atoms with van der Waals surface area (Å²) in [6.07, 6.45) is 0.655. The summed E-state index contributed by atoms with van der Waals surface area (Å²) in [5.41, 5.74) is 1.80. The number of halogens is 3. The quantitative estimate of drug-likeness (QED) is 0.628. The van der Waals surface area contributed by atoms with Crippen LogP contribution in [0, 0.1) is 5.82 Å². The Morgan fingerprint density at radius 3 is 2.62 bits per heavy atom. The molecule has 132 valence electrons. The lowest BCUT2D eigenvalue weighted by Gasteiger charge is -2.14. The number of methoxy groups -OCH3 is 1. The van der Waals surface area contributed by atoms with E-state index in [0.29, 0.717) is 37.6 Å². The van der Waals surface area contributed by atoms with Gasteiger partial charge in [-0.15, -0.1) is 12.4 Å². The molecule has 0 spiro atoms. The molecule has 0 aliphatic heterocycles. The zero-order chi connectivity index (χ0) is 16.7. The Kier molecular flexibility index (Phi) is 9.11. The van der Waals surface area contributed by atoms with Gasteiger partial charge in [-0.1, -0.05) is 18.2 Å². The third-order valence-electron chi connectivity index (χ3n) is 3.44. The molecule has 2 aromatic rings. The molecule has 0 unspecified atom stereocenters. The maximum atomic E-state index is 13.5.